The summed E-state index contributed by atoms with van der Waals surface area (Å²) >= 11 is 0. The SMILES string of the molecule is Cc1cc(S(=O)(=O)NC2CCN(c3ccccn3)C2)ccc1F. The number of hydrogen-bond acceptors (Lipinski definition) is 4. The van der Waals surface area contributed by atoms with Gasteiger partial charge < -0.3 is 4.90 Å². The van der Waals surface area contributed by atoms with Gasteiger partial charge in [0, 0.05) is 25.3 Å². The molecule has 2 heterocycles. The Balaban J connectivity index is 1.71. The monoisotopic (exact) mass is 335 g/mol. The highest BCUT2D eigenvalue weighted by Gasteiger charge is 2.28. The van der Waals surface area contributed by atoms with E-state index in [0.717, 1.165) is 12.4 Å². The highest BCUT2D eigenvalue weighted by molar-refractivity contribution is 7.89. The predicted octanol–water partition coefficient (Wildman–Crippen LogP) is 2.09. The molecule has 1 saturated heterocycles. The van der Waals surface area contributed by atoms with Crippen LogP contribution in [0.25, 0.3) is 0 Å². The Labute approximate surface area is 135 Å². The summed E-state index contributed by atoms with van der Waals surface area (Å²) in [5, 5.41) is 0. The first kappa shape index (κ1) is 15.9. The highest BCUT2D eigenvalue weighted by Crippen LogP contribution is 2.20. The molecule has 1 aromatic heterocycles. The van der Waals surface area contributed by atoms with Crippen LogP contribution in [0.5, 0.6) is 0 Å². The average molecular weight is 335 g/mol. The number of hydrogen-bond donors (Lipinski definition) is 1. The lowest BCUT2D eigenvalue weighted by Crippen LogP contribution is -2.37. The molecule has 3 rings (SSSR count). The van der Waals surface area contributed by atoms with Gasteiger partial charge in [-0.1, -0.05) is 6.07 Å². The third kappa shape index (κ3) is 3.51. The zero-order chi connectivity index (χ0) is 16.4. The van der Waals surface area contributed by atoms with Crippen molar-refractivity contribution in [2.75, 3.05) is 18.0 Å². The molecule has 0 radical (unpaired) electrons. The van der Waals surface area contributed by atoms with Crippen LogP contribution in [0, 0.1) is 12.7 Å². The number of aryl methyl sites for hydroxylation is 1. The van der Waals surface area contributed by atoms with Crippen LogP contribution in [0.3, 0.4) is 0 Å². The molecule has 0 saturated carbocycles. The summed E-state index contributed by atoms with van der Waals surface area (Å²) in [5.41, 5.74) is 0.314. The molecule has 122 valence electrons. The summed E-state index contributed by atoms with van der Waals surface area (Å²) in [5.74, 6) is 0.429. The van der Waals surface area contributed by atoms with Gasteiger partial charge in [0.25, 0.3) is 0 Å². The predicted molar refractivity (Wildman–Crippen MR) is 86.3 cm³/mol. The third-order valence-corrected chi connectivity index (χ3v) is 5.44. The molecule has 0 spiro atoms. The number of sulfonamides is 1. The molecule has 1 atom stereocenters. The van der Waals surface area contributed by atoms with Gasteiger partial charge >= 0.3 is 0 Å². The number of rotatable bonds is 4. The van der Waals surface area contributed by atoms with E-state index in [1.807, 2.05) is 23.1 Å². The summed E-state index contributed by atoms with van der Waals surface area (Å²) in [7, 11) is -3.65. The fourth-order valence-corrected chi connectivity index (χ4v) is 4.02. The summed E-state index contributed by atoms with van der Waals surface area (Å²) in [6, 6.07) is 9.28. The minimum atomic E-state index is -3.65. The summed E-state index contributed by atoms with van der Waals surface area (Å²) in [4.78, 5) is 6.41. The van der Waals surface area contributed by atoms with E-state index in [2.05, 4.69) is 9.71 Å². The molecule has 2 aromatic rings. The van der Waals surface area contributed by atoms with E-state index < -0.39 is 15.8 Å². The van der Waals surface area contributed by atoms with Crippen LogP contribution in [-0.4, -0.2) is 32.5 Å². The molecule has 0 bridgehead atoms. The van der Waals surface area contributed by atoms with Gasteiger partial charge in [-0.15, -0.1) is 0 Å². The van der Waals surface area contributed by atoms with Crippen molar-refractivity contribution >= 4 is 15.8 Å². The largest absolute Gasteiger partial charge is 0.355 e. The Bertz CT molecular complexity index is 796. The van der Waals surface area contributed by atoms with Crippen molar-refractivity contribution in [2.45, 2.75) is 24.3 Å². The Hall–Kier alpha value is -1.99. The van der Waals surface area contributed by atoms with Crippen molar-refractivity contribution < 1.29 is 12.8 Å². The van der Waals surface area contributed by atoms with E-state index in [-0.39, 0.29) is 10.9 Å². The Morgan fingerprint density at radius 3 is 2.83 bits per heavy atom. The van der Waals surface area contributed by atoms with E-state index in [9.17, 15) is 12.8 Å². The zero-order valence-corrected chi connectivity index (χ0v) is 13.6. The normalized spacial score (nSPS) is 18.3. The molecule has 1 aromatic carbocycles. The maximum atomic E-state index is 13.3. The van der Waals surface area contributed by atoms with Crippen LogP contribution >= 0.6 is 0 Å². The molecule has 7 heteroatoms. The minimum Gasteiger partial charge on any atom is -0.355 e. The van der Waals surface area contributed by atoms with Gasteiger partial charge in [0.2, 0.25) is 10.0 Å². The first-order valence-corrected chi connectivity index (χ1v) is 8.88. The molecule has 23 heavy (non-hydrogen) atoms. The van der Waals surface area contributed by atoms with Gasteiger partial charge in [-0.3, -0.25) is 0 Å². The van der Waals surface area contributed by atoms with E-state index in [4.69, 9.17) is 0 Å². The number of nitrogens with zero attached hydrogens (tertiary/aromatic N) is 2. The molecule has 1 N–H and O–H groups in total. The van der Waals surface area contributed by atoms with E-state index in [0.29, 0.717) is 18.5 Å². The quantitative estimate of drug-likeness (QED) is 0.929. The van der Waals surface area contributed by atoms with Crippen LogP contribution in [0.1, 0.15) is 12.0 Å². The number of halogens is 1. The molecule has 1 aliphatic heterocycles. The van der Waals surface area contributed by atoms with Crippen LogP contribution in [0.2, 0.25) is 0 Å². The summed E-state index contributed by atoms with van der Waals surface area (Å²) in [6.45, 7) is 2.86. The lowest BCUT2D eigenvalue weighted by atomic mass is 10.2. The second kappa shape index (κ2) is 6.25. The topological polar surface area (TPSA) is 62.3 Å². The first-order chi connectivity index (χ1) is 11.0. The Morgan fingerprint density at radius 1 is 1.30 bits per heavy atom. The van der Waals surface area contributed by atoms with E-state index >= 15 is 0 Å². The minimum absolute atomic E-state index is 0.0905. The van der Waals surface area contributed by atoms with Gasteiger partial charge in [-0.25, -0.2) is 22.5 Å². The lowest BCUT2D eigenvalue weighted by Gasteiger charge is -2.18. The number of anilines is 1. The summed E-state index contributed by atoms with van der Waals surface area (Å²) in [6.07, 6.45) is 2.42. The van der Waals surface area contributed by atoms with Gasteiger partial charge in [-0.05, 0) is 49.2 Å². The number of aromatic nitrogens is 1. The molecule has 0 aliphatic carbocycles. The van der Waals surface area contributed by atoms with E-state index in [1.54, 1.807) is 13.1 Å². The average Bonchev–Trinajstić information content (AvgIpc) is 2.98. The molecule has 5 nitrogen and oxygen atoms in total. The first-order valence-electron chi connectivity index (χ1n) is 7.40. The molecule has 1 unspecified atom stereocenters. The molecule has 1 fully saturated rings. The van der Waals surface area contributed by atoms with Crippen LogP contribution in [-0.2, 0) is 10.0 Å². The second-order valence-electron chi connectivity index (χ2n) is 5.65. The van der Waals surface area contributed by atoms with Crippen molar-refractivity contribution in [1.29, 1.82) is 0 Å². The number of pyridine rings is 1. The third-order valence-electron chi connectivity index (χ3n) is 3.92. The molecular weight excluding hydrogens is 317 g/mol. The van der Waals surface area contributed by atoms with E-state index in [1.165, 1.54) is 18.2 Å². The van der Waals surface area contributed by atoms with Crippen molar-refractivity contribution in [2.24, 2.45) is 0 Å². The van der Waals surface area contributed by atoms with Crippen molar-refractivity contribution in [1.82, 2.24) is 9.71 Å². The smallest absolute Gasteiger partial charge is 0.240 e. The molecule has 1 aliphatic rings. The van der Waals surface area contributed by atoms with Gasteiger partial charge in [0.05, 0.1) is 4.90 Å². The standard InChI is InChI=1S/C16H18FN3O2S/c1-12-10-14(5-6-15(12)17)23(21,22)19-13-7-9-20(11-13)16-4-2-3-8-18-16/h2-6,8,10,13,19H,7,9,11H2,1H3. The second-order valence-corrected chi connectivity index (χ2v) is 7.37. The van der Waals surface area contributed by atoms with Gasteiger partial charge in [-0.2, -0.15) is 0 Å². The fourth-order valence-electron chi connectivity index (χ4n) is 2.68. The molecule has 0 amide bonds. The Morgan fingerprint density at radius 2 is 2.13 bits per heavy atom. The zero-order valence-electron chi connectivity index (χ0n) is 12.7. The van der Waals surface area contributed by atoms with Crippen molar-refractivity contribution in [3.05, 3.63) is 54.0 Å². The van der Waals surface area contributed by atoms with Crippen LogP contribution in [0.15, 0.2) is 47.5 Å². The maximum Gasteiger partial charge on any atom is 0.240 e. The molecular formula is C16H18FN3O2S. The number of nitrogens with one attached hydrogen (secondary N) is 1. The van der Waals surface area contributed by atoms with Crippen LogP contribution in [0.4, 0.5) is 10.2 Å². The fraction of sp³-hybridized carbons (Fsp3) is 0.312. The van der Waals surface area contributed by atoms with Crippen molar-refractivity contribution in [3.63, 3.8) is 0 Å². The number of benzene rings is 1. The van der Waals surface area contributed by atoms with Crippen LogP contribution < -0.4 is 9.62 Å². The van der Waals surface area contributed by atoms with Gasteiger partial charge in [0.15, 0.2) is 0 Å². The summed E-state index contributed by atoms with van der Waals surface area (Å²) < 4.78 is 40.9. The van der Waals surface area contributed by atoms with Gasteiger partial charge in [0.1, 0.15) is 11.6 Å². The Kier molecular flexibility index (Phi) is 4.32. The maximum absolute atomic E-state index is 13.3. The van der Waals surface area contributed by atoms with Crippen molar-refractivity contribution in [3.8, 4) is 0 Å². The highest BCUT2D eigenvalue weighted by atomic mass is 32.2. The lowest BCUT2D eigenvalue weighted by molar-refractivity contribution is 0.560.